The molecule has 0 amide bonds. The lowest BCUT2D eigenvalue weighted by molar-refractivity contribution is 0.190. The standard InChI is InChI=1S/C19H26N2O/c1-15-17-8-3-4-9-18(17)21(11-6-12-22-2)19(15)13-16-7-5-10-20-14-16/h3-4,8-9,13,20H,5-7,10-12,14H2,1-2H3. The van der Waals surface area contributed by atoms with E-state index in [1.54, 1.807) is 7.11 Å². The molecule has 1 N–H and O–H groups in total. The van der Waals surface area contributed by atoms with Crippen molar-refractivity contribution in [3.05, 3.63) is 41.1 Å². The van der Waals surface area contributed by atoms with E-state index in [1.807, 2.05) is 0 Å². The van der Waals surface area contributed by atoms with Crippen LogP contribution in [0.2, 0.25) is 0 Å². The van der Waals surface area contributed by atoms with E-state index in [4.69, 9.17) is 4.74 Å². The predicted octanol–water partition coefficient (Wildman–Crippen LogP) is 3.75. The molecule has 22 heavy (non-hydrogen) atoms. The first-order valence-electron chi connectivity index (χ1n) is 8.28. The Hall–Kier alpha value is -1.58. The van der Waals surface area contributed by atoms with Crippen molar-refractivity contribution in [2.75, 3.05) is 26.8 Å². The number of benzene rings is 1. The Bertz CT molecular complexity index is 661. The van der Waals surface area contributed by atoms with Crippen LogP contribution in [0.3, 0.4) is 0 Å². The zero-order chi connectivity index (χ0) is 15.4. The quantitative estimate of drug-likeness (QED) is 0.851. The number of nitrogens with zero attached hydrogens (tertiary/aromatic N) is 1. The van der Waals surface area contributed by atoms with Crippen LogP contribution < -0.4 is 5.32 Å². The number of ether oxygens (including phenoxy) is 1. The molecule has 1 aromatic heterocycles. The van der Waals surface area contributed by atoms with Crippen LogP contribution in [0.15, 0.2) is 29.8 Å². The molecule has 1 aliphatic heterocycles. The van der Waals surface area contributed by atoms with Crippen LogP contribution in [0.1, 0.15) is 30.5 Å². The minimum absolute atomic E-state index is 0.809. The molecular weight excluding hydrogens is 272 g/mol. The highest BCUT2D eigenvalue weighted by molar-refractivity contribution is 5.88. The van der Waals surface area contributed by atoms with Crippen molar-refractivity contribution in [3.8, 4) is 0 Å². The minimum Gasteiger partial charge on any atom is -0.385 e. The van der Waals surface area contributed by atoms with Gasteiger partial charge in [-0.1, -0.05) is 23.8 Å². The molecule has 3 heteroatoms. The Morgan fingerprint density at radius 3 is 2.95 bits per heavy atom. The first kappa shape index (κ1) is 15.3. The molecule has 0 atom stereocenters. The summed E-state index contributed by atoms with van der Waals surface area (Å²) in [6.45, 7) is 6.24. The van der Waals surface area contributed by atoms with E-state index in [1.165, 1.54) is 40.6 Å². The highest BCUT2D eigenvalue weighted by Crippen LogP contribution is 2.28. The van der Waals surface area contributed by atoms with Crippen molar-refractivity contribution in [2.45, 2.75) is 32.7 Å². The summed E-state index contributed by atoms with van der Waals surface area (Å²) in [5.41, 5.74) is 5.62. The topological polar surface area (TPSA) is 26.2 Å². The van der Waals surface area contributed by atoms with Gasteiger partial charge in [0.05, 0.1) is 0 Å². The van der Waals surface area contributed by atoms with Crippen LogP contribution in [0.25, 0.3) is 17.0 Å². The number of nitrogens with one attached hydrogen (secondary N) is 1. The average Bonchev–Trinajstić information content (AvgIpc) is 2.82. The zero-order valence-corrected chi connectivity index (χ0v) is 13.7. The molecule has 118 valence electrons. The van der Waals surface area contributed by atoms with Gasteiger partial charge in [-0.05, 0) is 50.4 Å². The molecule has 1 fully saturated rings. The lowest BCUT2D eigenvalue weighted by atomic mass is 10.0. The van der Waals surface area contributed by atoms with Gasteiger partial charge < -0.3 is 14.6 Å². The third-order valence-corrected chi connectivity index (χ3v) is 4.55. The number of aryl methyl sites for hydroxylation is 2. The maximum atomic E-state index is 5.23. The molecule has 0 bridgehead atoms. The van der Waals surface area contributed by atoms with Crippen molar-refractivity contribution in [1.29, 1.82) is 0 Å². The average molecular weight is 298 g/mol. The van der Waals surface area contributed by atoms with Crippen LogP contribution in [-0.4, -0.2) is 31.4 Å². The number of aromatic nitrogens is 1. The fraction of sp³-hybridized carbons (Fsp3) is 0.474. The Kier molecular flexibility index (Phi) is 4.96. The van der Waals surface area contributed by atoms with Crippen LogP contribution in [0, 0.1) is 6.92 Å². The summed E-state index contributed by atoms with van der Waals surface area (Å²) in [4.78, 5) is 0. The normalized spacial score (nSPS) is 17.5. The van der Waals surface area contributed by atoms with Crippen LogP contribution in [0.4, 0.5) is 0 Å². The highest BCUT2D eigenvalue weighted by atomic mass is 16.5. The van der Waals surface area contributed by atoms with Crippen molar-refractivity contribution in [3.63, 3.8) is 0 Å². The van der Waals surface area contributed by atoms with E-state index in [9.17, 15) is 0 Å². The van der Waals surface area contributed by atoms with Gasteiger partial charge in [0.15, 0.2) is 0 Å². The molecule has 0 aliphatic carbocycles. The Morgan fingerprint density at radius 1 is 1.32 bits per heavy atom. The summed E-state index contributed by atoms with van der Waals surface area (Å²) in [6.07, 6.45) is 5.91. The molecule has 0 saturated carbocycles. The summed E-state index contributed by atoms with van der Waals surface area (Å²) >= 11 is 0. The third kappa shape index (κ3) is 3.11. The van der Waals surface area contributed by atoms with Gasteiger partial charge in [0.25, 0.3) is 0 Å². The highest BCUT2D eigenvalue weighted by Gasteiger charge is 2.13. The van der Waals surface area contributed by atoms with Gasteiger partial charge in [-0.3, -0.25) is 0 Å². The van der Waals surface area contributed by atoms with E-state index >= 15 is 0 Å². The summed E-state index contributed by atoms with van der Waals surface area (Å²) in [5, 5.41) is 4.85. The van der Waals surface area contributed by atoms with E-state index in [0.29, 0.717) is 0 Å². The minimum atomic E-state index is 0.809. The number of hydrogen-bond donors (Lipinski definition) is 1. The molecule has 2 heterocycles. The van der Waals surface area contributed by atoms with E-state index in [2.05, 4.69) is 47.1 Å². The molecule has 1 aromatic carbocycles. The number of hydrogen-bond acceptors (Lipinski definition) is 2. The fourth-order valence-corrected chi connectivity index (χ4v) is 3.38. The van der Waals surface area contributed by atoms with Crippen molar-refractivity contribution in [1.82, 2.24) is 9.88 Å². The van der Waals surface area contributed by atoms with Crippen LogP contribution >= 0.6 is 0 Å². The number of piperidine rings is 1. The number of methoxy groups -OCH3 is 1. The zero-order valence-electron chi connectivity index (χ0n) is 13.7. The van der Waals surface area contributed by atoms with Crippen molar-refractivity contribution in [2.24, 2.45) is 0 Å². The molecule has 3 rings (SSSR count). The summed E-state index contributed by atoms with van der Waals surface area (Å²) in [6, 6.07) is 8.73. The van der Waals surface area contributed by atoms with Gasteiger partial charge in [-0.25, -0.2) is 0 Å². The van der Waals surface area contributed by atoms with Crippen molar-refractivity contribution < 1.29 is 4.74 Å². The monoisotopic (exact) mass is 298 g/mol. The van der Waals surface area contributed by atoms with Crippen molar-refractivity contribution >= 4 is 17.0 Å². The Balaban J connectivity index is 2.02. The van der Waals surface area contributed by atoms with Gasteiger partial charge in [0.2, 0.25) is 0 Å². The first-order chi connectivity index (χ1) is 10.8. The summed E-state index contributed by atoms with van der Waals surface area (Å²) < 4.78 is 7.70. The third-order valence-electron chi connectivity index (χ3n) is 4.55. The van der Waals surface area contributed by atoms with Gasteiger partial charge in [-0.2, -0.15) is 0 Å². The number of para-hydroxylation sites is 1. The second-order valence-electron chi connectivity index (χ2n) is 6.11. The fourth-order valence-electron chi connectivity index (χ4n) is 3.38. The molecule has 2 aromatic rings. The lowest BCUT2D eigenvalue weighted by Crippen LogP contribution is -2.23. The molecular formula is C19H26N2O. The van der Waals surface area contributed by atoms with E-state index in [-0.39, 0.29) is 0 Å². The van der Waals surface area contributed by atoms with E-state index in [0.717, 1.165) is 32.7 Å². The van der Waals surface area contributed by atoms with Gasteiger partial charge in [0, 0.05) is 43.4 Å². The Labute approximate surface area is 133 Å². The summed E-state index contributed by atoms with van der Waals surface area (Å²) in [7, 11) is 1.77. The lowest BCUT2D eigenvalue weighted by Gasteiger charge is -2.16. The molecule has 3 nitrogen and oxygen atoms in total. The number of rotatable bonds is 5. The van der Waals surface area contributed by atoms with Gasteiger partial charge in [-0.15, -0.1) is 0 Å². The second kappa shape index (κ2) is 7.12. The number of fused-ring (bicyclic) bond motifs is 1. The Morgan fingerprint density at radius 2 is 2.18 bits per heavy atom. The molecule has 0 unspecified atom stereocenters. The predicted molar refractivity (Wildman–Crippen MR) is 93.2 cm³/mol. The molecule has 1 saturated heterocycles. The molecule has 0 spiro atoms. The molecule has 1 aliphatic rings. The second-order valence-corrected chi connectivity index (χ2v) is 6.11. The van der Waals surface area contributed by atoms with Gasteiger partial charge in [0.1, 0.15) is 0 Å². The maximum absolute atomic E-state index is 5.23. The van der Waals surface area contributed by atoms with Crippen LogP contribution in [-0.2, 0) is 11.3 Å². The summed E-state index contributed by atoms with van der Waals surface area (Å²) in [5.74, 6) is 0. The first-order valence-corrected chi connectivity index (χ1v) is 8.28. The molecule has 0 radical (unpaired) electrons. The van der Waals surface area contributed by atoms with E-state index < -0.39 is 0 Å². The SMILES string of the molecule is COCCCn1c(C=C2CCCNC2)c(C)c2ccccc21. The van der Waals surface area contributed by atoms with Crippen LogP contribution in [0.5, 0.6) is 0 Å². The largest absolute Gasteiger partial charge is 0.385 e. The van der Waals surface area contributed by atoms with Gasteiger partial charge >= 0.3 is 0 Å². The maximum Gasteiger partial charge on any atom is 0.0487 e. The smallest absolute Gasteiger partial charge is 0.0487 e.